The number of urea groups is 1. The Labute approximate surface area is 105 Å². The first-order valence-electron chi connectivity index (χ1n) is 5.89. The fourth-order valence-electron chi connectivity index (χ4n) is 1.79. The molecule has 1 aromatic carbocycles. The molecule has 6 nitrogen and oxygen atoms in total. The average Bonchev–Trinajstić information content (AvgIpc) is 2.26. The van der Waals surface area contributed by atoms with Gasteiger partial charge in [-0.1, -0.05) is 6.07 Å². The molecule has 0 aliphatic heterocycles. The van der Waals surface area contributed by atoms with Crippen LogP contribution in [0.25, 0.3) is 0 Å². The third kappa shape index (κ3) is 2.77. The van der Waals surface area contributed by atoms with Crippen LogP contribution < -0.4 is 10.6 Å². The molecule has 2 N–H and O–H groups in total. The number of nitrogens with zero attached hydrogens (tertiary/aromatic N) is 1. The van der Waals surface area contributed by atoms with Crippen molar-refractivity contribution < 1.29 is 9.72 Å². The quantitative estimate of drug-likeness (QED) is 0.637. The number of carbonyl (C=O) groups is 1. The molecular weight excluding hydrogens is 234 g/mol. The summed E-state index contributed by atoms with van der Waals surface area (Å²) < 4.78 is 0. The highest BCUT2D eigenvalue weighted by Crippen LogP contribution is 2.22. The summed E-state index contributed by atoms with van der Waals surface area (Å²) in [5.74, 6) is 0. The molecule has 0 heterocycles. The maximum absolute atomic E-state index is 11.6. The number of amides is 2. The van der Waals surface area contributed by atoms with Crippen molar-refractivity contribution >= 4 is 17.4 Å². The lowest BCUT2D eigenvalue weighted by atomic mass is 9.93. The van der Waals surface area contributed by atoms with Crippen LogP contribution in [0.15, 0.2) is 18.2 Å². The summed E-state index contributed by atoms with van der Waals surface area (Å²) in [6.07, 6.45) is 3.14. The van der Waals surface area contributed by atoms with Gasteiger partial charge >= 0.3 is 6.03 Å². The SMILES string of the molecule is Cc1ccc(NC(=O)NC2CCC2)cc1[N+](=O)[O-]. The number of anilines is 1. The molecule has 0 aromatic heterocycles. The van der Waals surface area contributed by atoms with E-state index >= 15 is 0 Å². The van der Waals surface area contributed by atoms with Crippen LogP contribution in [-0.4, -0.2) is 17.0 Å². The second-order valence-electron chi connectivity index (χ2n) is 4.48. The molecule has 0 unspecified atom stereocenters. The third-order valence-electron chi connectivity index (χ3n) is 3.10. The fraction of sp³-hybridized carbons (Fsp3) is 0.417. The van der Waals surface area contributed by atoms with E-state index in [9.17, 15) is 14.9 Å². The molecule has 6 heteroatoms. The summed E-state index contributed by atoms with van der Waals surface area (Å²) in [5, 5.41) is 16.2. The summed E-state index contributed by atoms with van der Waals surface area (Å²) in [7, 11) is 0. The van der Waals surface area contributed by atoms with E-state index in [-0.39, 0.29) is 17.8 Å². The van der Waals surface area contributed by atoms with Crippen LogP contribution in [-0.2, 0) is 0 Å². The first-order valence-corrected chi connectivity index (χ1v) is 5.89. The van der Waals surface area contributed by atoms with Crippen LogP contribution in [0.2, 0.25) is 0 Å². The summed E-state index contributed by atoms with van der Waals surface area (Å²) in [5.41, 5.74) is 1.02. The molecule has 1 saturated carbocycles. The highest BCUT2D eigenvalue weighted by Gasteiger charge is 2.19. The third-order valence-corrected chi connectivity index (χ3v) is 3.10. The molecule has 1 fully saturated rings. The molecular formula is C12H15N3O3. The Bertz CT molecular complexity index is 483. The topological polar surface area (TPSA) is 84.3 Å². The standard InChI is InChI=1S/C12H15N3O3/c1-8-5-6-10(7-11(8)15(17)18)14-12(16)13-9-3-2-4-9/h5-7,9H,2-4H2,1H3,(H2,13,14,16). The minimum Gasteiger partial charge on any atom is -0.335 e. The molecule has 0 radical (unpaired) electrons. The van der Waals surface area contributed by atoms with E-state index in [0.29, 0.717) is 11.3 Å². The van der Waals surface area contributed by atoms with Crippen LogP contribution in [0.4, 0.5) is 16.2 Å². The molecule has 1 aliphatic carbocycles. The molecule has 0 bridgehead atoms. The van der Waals surface area contributed by atoms with Crippen LogP contribution in [0.5, 0.6) is 0 Å². The summed E-state index contributed by atoms with van der Waals surface area (Å²) in [4.78, 5) is 21.9. The molecule has 96 valence electrons. The van der Waals surface area contributed by atoms with Gasteiger partial charge in [-0.3, -0.25) is 10.1 Å². The van der Waals surface area contributed by atoms with Crippen molar-refractivity contribution in [3.63, 3.8) is 0 Å². The highest BCUT2D eigenvalue weighted by molar-refractivity contribution is 5.89. The van der Waals surface area contributed by atoms with E-state index in [1.807, 2.05) is 0 Å². The Morgan fingerprint density at radius 3 is 2.72 bits per heavy atom. The smallest absolute Gasteiger partial charge is 0.319 e. The number of rotatable bonds is 3. The number of nitrogens with one attached hydrogen (secondary N) is 2. The average molecular weight is 249 g/mol. The lowest BCUT2D eigenvalue weighted by Crippen LogP contribution is -2.41. The van der Waals surface area contributed by atoms with Crippen molar-refractivity contribution in [3.8, 4) is 0 Å². The van der Waals surface area contributed by atoms with Gasteiger partial charge in [0, 0.05) is 23.4 Å². The molecule has 2 amide bonds. The minimum absolute atomic E-state index is 0.0106. The predicted octanol–water partition coefficient (Wildman–Crippen LogP) is 2.58. The van der Waals surface area contributed by atoms with Gasteiger partial charge in [-0.05, 0) is 32.3 Å². The molecule has 2 rings (SSSR count). The van der Waals surface area contributed by atoms with Crippen LogP contribution >= 0.6 is 0 Å². The van der Waals surface area contributed by atoms with Gasteiger partial charge in [0.1, 0.15) is 0 Å². The normalized spacial score (nSPS) is 14.7. The van der Waals surface area contributed by atoms with Crippen molar-refractivity contribution in [1.82, 2.24) is 5.32 Å². The minimum atomic E-state index is -0.454. The highest BCUT2D eigenvalue weighted by atomic mass is 16.6. The number of nitro benzene ring substituents is 1. The van der Waals surface area contributed by atoms with Gasteiger partial charge < -0.3 is 10.6 Å². The van der Waals surface area contributed by atoms with Crippen molar-refractivity contribution in [2.45, 2.75) is 32.2 Å². The maximum Gasteiger partial charge on any atom is 0.319 e. The van der Waals surface area contributed by atoms with Gasteiger partial charge in [0.05, 0.1) is 4.92 Å². The molecule has 1 aromatic rings. The number of hydrogen-bond acceptors (Lipinski definition) is 3. The van der Waals surface area contributed by atoms with E-state index in [2.05, 4.69) is 10.6 Å². The predicted molar refractivity (Wildman–Crippen MR) is 67.6 cm³/mol. The zero-order valence-electron chi connectivity index (χ0n) is 10.1. The van der Waals surface area contributed by atoms with Gasteiger partial charge in [0.15, 0.2) is 0 Å². The molecule has 0 spiro atoms. The zero-order chi connectivity index (χ0) is 13.1. The monoisotopic (exact) mass is 249 g/mol. The van der Waals surface area contributed by atoms with Crippen molar-refractivity contribution in [2.24, 2.45) is 0 Å². The molecule has 0 saturated heterocycles. The summed E-state index contributed by atoms with van der Waals surface area (Å²) in [6.45, 7) is 1.66. The van der Waals surface area contributed by atoms with Crippen molar-refractivity contribution in [1.29, 1.82) is 0 Å². The number of hydrogen-bond donors (Lipinski definition) is 2. The van der Waals surface area contributed by atoms with Gasteiger partial charge in [-0.15, -0.1) is 0 Å². The Balaban J connectivity index is 2.02. The fourth-order valence-corrected chi connectivity index (χ4v) is 1.79. The van der Waals surface area contributed by atoms with Gasteiger partial charge in [0.25, 0.3) is 5.69 Å². The van der Waals surface area contributed by atoms with E-state index in [4.69, 9.17) is 0 Å². The number of nitro groups is 1. The van der Waals surface area contributed by atoms with E-state index in [1.54, 1.807) is 19.1 Å². The molecule has 18 heavy (non-hydrogen) atoms. The second kappa shape index (κ2) is 5.03. The lowest BCUT2D eigenvalue weighted by Gasteiger charge is -2.26. The van der Waals surface area contributed by atoms with Crippen LogP contribution in [0, 0.1) is 17.0 Å². The Kier molecular flexibility index (Phi) is 3.45. The van der Waals surface area contributed by atoms with E-state index in [1.165, 1.54) is 6.07 Å². The summed E-state index contributed by atoms with van der Waals surface area (Å²) in [6, 6.07) is 4.58. The van der Waals surface area contributed by atoms with E-state index < -0.39 is 4.92 Å². The molecule has 0 atom stereocenters. The van der Waals surface area contributed by atoms with Crippen molar-refractivity contribution in [2.75, 3.05) is 5.32 Å². The first-order chi connectivity index (χ1) is 8.56. The number of aryl methyl sites for hydroxylation is 1. The number of carbonyl (C=O) groups excluding carboxylic acids is 1. The van der Waals surface area contributed by atoms with Crippen molar-refractivity contribution in [3.05, 3.63) is 33.9 Å². The second-order valence-corrected chi connectivity index (χ2v) is 4.48. The lowest BCUT2D eigenvalue weighted by molar-refractivity contribution is -0.385. The maximum atomic E-state index is 11.6. The van der Waals surface area contributed by atoms with E-state index in [0.717, 1.165) is 19.3 Å². The van der Waals surface area contributed by atoms with Gasteiger partial charge in [-0.2, -0.15) is 0 Å². The van der Waals surface area contributed by atoms with Gasteiger partial charge in [0.2, 0.25) is 0 Å². The largest absolute Gasteiger partial charge is 0.335 e. The molecule has 1 aliphatic rings. The Morgan fingerprint density at radius 1 is 1.44 bits per heavy atom. The number of benzene rings is 1. The Morgan fingerprint density at radius 2 is 2.17 bits per heavy atom. The zero-order valence-corrected chi connectivity index (χ0v) is 10.1. The van der Waals surface area contributed by atoms with Crippen LogP contribution in [0.1, 0.15) is 24.8 Å². The Hall–Kier alpha value is -2.11. The summed E-state index contributed by atoms with van der Waals surface area (Å²) >= 11 is 0. The first kappa shape index (κ1) is 12.3. The van der Waals surface area contributed by atoms with Gasteiger partial charge in [-0.25, -0.2) is 4.79 Å². The van der Waals surface area contributed by atoms with Crippen LogP contribution in [0.3, 0.4) is 0 Å².